The molecule has 2 aromatic rings. The minimum Gasteiger partial charge on any atom is -0.467 e. The van der Waals surface area contributed by atoms with Gasteiger partial charge in [0.2, 0.25) is 5.91 Å². The average Bonchev–Trinajstić information content (AvgIpc) is 2.78. The molecule has 0 aliphatic rings. The van der Waals surface area contributed by atoms with Crippen LogP contribution in [0.5, 0.6) is 0 Å². The summed E-state index contributed by atoms with van der Waals surface area (Å²) in [4.78, 5) is 36.2. The average molecular weight is 483 g/mol. The molecule has 172 valence electrons. The maximum absolute atomic E-state index is 12.3. The molecule has 0 fully saturated rings. The van der Waals surface area contributed by atoms with Crippen LogP contribution in [0, 0.1) is 0 Å². The molecule has 0 spiro atoms. The standard InChI is InChI=1S/C22H24Cl2N2O6/c1-31-21(29)19(11-16-17(23)8-5-9-18(16)24)26-20(28)10-15(27)12-25-22(30)32-13-14-6-3-2-4-7-14/h2-9,15,19,27H,10-13H2,1H3,(H,25,30)(H,26,28)/t15-,19-/m0/s1. The van der Waals surface area contributed by atoms with E-state index >= 15 is 0 Å². The zero-order chi connectivity index (χ0) is 23.5. The highest BCUT2D eigenvalue weighted by Gasteiger charge is 2.25. The van der Waals surface area contributed by atoms with Gasteiger partial charge in [-0.2, -0.15) is 0 Å². The monoisotopic (exact) mass is 482 g/mol. The van der Waals surface area contributed by atoms with E-state index in [2.05, 4.69) is 10.6 Å². The van der Waals surface area contributed by atoms with Gasteiger partial charge in [-0.15, -0.1) is 0 Å². The number of aliphatic hydroxyl groups is 1. The van der Waals surface area contributed by atoms with Crippen LogP contribution in [-0.2, 0) is 32.1 Å². The maximum atomic E-state index is 12.3. The third-order valence-corrected chi connectivity index (χ3v) is 5.11. The quantitative estimate of drug-likeness (QED) is 0.448. The number of rotatable bonds is 10. The molecule has 8 nitrogen and oxygen atoms in total. The summed E-state index contributed by atoms with van der Waals surface area (Å²) in [6.45, 7) is -0.130. The fraction of sp³-hybridized carbons (Fsp3) is 0.318. The predicted octanol–water partition coefficient (Wildman–Crippen LogP) is 2.87. The van der Waals surface area contributed by atoms with E-state index in [1.54, 1.807) is 30.3 Å². The zero-order valence-electron chi connectivity index (χ0n) is 17.3. The molecular formula is C22H24Cl2N2O6. The summed E-state index contributed by atoms with van der Waals surface area (Å²) in [5.74, 6) is -1.30. The summed E-state index contributed by atoms with van der Waals surface area (Å²) >= 11 is 12.3. The van der Waals surface area contributed by atoms with E-state index in [0.29, 0.717) is 15.6 Å². The normalized spacial score (nSPS) is 12.4. The van der Waals surface area contributed by atoms with E-state index in [0.717, 1.165) is 5.56 Å². The van der Waals surface area contributed by atoms with Gasteiger partial charge in [0.1, 0.15) is 12.6 Å². The van der Waals surface area contributed by atoms with Gasteiger partial charge in [-0.1, -0.05) is 59.6 Å². The van der Waals surface area contributed by atoms with Gasteiger partial charge in [-0.05, 0) is 23.3 Å². The lowest BCUT2D eigenvalue weighted by atomic mass is 10.1. The van der Waals surface area contributed by atoms with E-state index in [1.807, 2.05) is 18.2 Å². The number of methoxy groups -OCH3 is 1. The largest absolute Gasteiger partial charge is 0.467 e. The van der Waals surface area contributed by atoms with E-state index in [4.69, 9.17) is 32.7 Å². The Morgan fingerprint density at radius 1 is 1.03 bits per heavy atom. The Labute approximate surface area is 195 Å². The lowest BCUT2D eigenvalue weighted by Crippen LogP contribution is -2.45. The van der Waals surface area contributed by atoms with Gasteiger partial charge < -0.3 is 25.2 Å². The second-order valence-corrected chi connectivity index (χ2v) is 7.66. The van der Waals surface area contributed by atoms with E-state index < -0.39 is 30.1 Å². The molecule has 2 rings (SSSR count). The molecule has 0 aliphatic heterocycles. The van der Waals surface area contributed by atoms with Crippen molar-refractivity contribution in [3.63, 3.8) is 0 Å². The number of alkyl carbamates (subject to hydrolysis) is 1. The Morgan fingerprint density at radius 2 is 1.69 bits per heavy atom. The first-order chi connectivity index (χ1) is 15.3. The predicted molar refractivity (Wildman–Crippen MR) is 119 cm³/mol. The molecule has 0 bridgehead atoms. The second-order valence-electron chi connectivity index (χ2n) is 6.85. The van der Waals surface area contributed by atoms with Gasteiger partial charge in [0.15, 0.2) is 0 Å². The third-order valence-electron chi connectivity index (χ3n) is 4.41. The molecule has 32 heavy (non-hydrogen) atoms. The molecule has 0 radical (unpaired) electrons. The fourth-order valence-corrected chi connectivity index (χ4v) is 3.33. The number of amides is 2. The van der Waals surface area contributed by atoms with Crippen molar-refractivity contribution in [2.45, 2.75) is 31.6 Å². The number of nitrogens with one attached hydrogen (secondary N) is 2. The number of hydrogen-bond donors (Lipinski definition) is 3. The van der Waals surface area contributed by atoms with Crippen molar-refractivity contribution >= 4 is 41.2 Å². The number of carbonyl (C=O) groups excluding carboxylic acids is 3. The lowest BCUT2D eigenvalue weighted by Gasteiger charge is -2.19. The number of ether oxygens (including phenoxy) is 2. The van der Waals surface area contributed by atoms with Crippen molar-refractivity contribution in [3.05, 3.63) is 69.7 Å². The molecule has 10 heteroatoms. The molecule has 3 N–H and O–H groups in total. The van der Waals surface area contributed by atoms with Crippen LogP contribution in [-0.4, -0.2) is 48.9 Å². The molecule has 0 saturated carbocycles. The highest BCUT2D eigenvalue weighted by molar-refractivity contribution is 6.36. The SMILES string of the molecule is COC(=O)[C@H](Cc1c(Cl)cccc1Cl)NC(=O)C[C@H](O)CNC(=O)OCc1ccccc1. The highest BCUT2D eigenvalue weighted by Crippen LogP contribution is 2.25. The molecule has 2 amide bonds. The van der Waals surface area contributed by atoms with Gasteiger partial charge in [0.25, 0.3) is 0 Å². The number of carbonyl (C=O) groups is 3. The number of hydrogen-bond acceptors (Lipinski definition) is 6. The fourth-order valence-electron chi connectivity index (χ4n) is 2.78. The zero-order valence-corrected chi connectivity index (χ0v) is 18.9. The Hall–Kier alpha value is -2.81. The van der Waals surface area contributed by atoms with Crippen molar-refractivity contribution in [2.75, 3.05) is 13.7 Å². The van der Waals surface area contributed by atoms with Crippen LogP contribution in [0.25, 0.3) is 0 Å². The van der Waals surface area contributed by atoms with Crippen LogP contribution in [0.15, 0.2) is 48.5 Å². The molecule has 0 heterocycles. The molecule has 0 aromatic heterocycles. The summed E-state index contributed by atoms with van der Waals surface area (Å²) < 4.78 is 9.77. The van der Waals surface area contributed by atoms with Crippen LogP contribution in [0.3, 0.4) is 0 Å². The van der Waals surface area contributed by atoms with Crippen molar-refractivity contribution in [1.29, 1.82) is 0 Å². The van der Waals surface area contributed by atoms with Crippen molar-refractivity contribution in [1.82, 2.24) is 10.6 Å². The number of esters is 1. The highest BCUT2D eigenvalue weighted by atomic mass is 35.5. The smallest absolute Gasteiger partial charge is 0.407 e. The van der Waals surface area contributed by atoms with E-state index in [-0.39, 0.29) is 26.0 Å². The second kappa shape index (κ2) is 12.9. The van der Waals surface area contributed by atoms with Gasteiger partial charge in [0.05, 0.1) is 19.6 Å². The number of halogens is 2. The minimum atomic E-state index is -1.19. The molecule has 0 saturated heterocycles. The first-order valence-corrected chi connectivity index (χ1v) is 10.5. The Morgan fingerprint density at radius 3 is 2.31 bits per heavy atom. The minimum absolute atomic E-state index is 0.0110. The summed E-state index contributed by atoms with van der Waals surface area (Å²) in [6.07, 6.45) is -2.27. The Balaban J connectivity index is 1.82. The Bertz CT molecular complexity index is 906. The topological polar surface area (TPSA) is 114 Å². The summed E-state index contributed by atoms with van der Waals surface area (Å²) in [7, 11) is 1.19. The first-order valence-electron chi connectivity index (χ1n) is 9.72. The van der Waals surface area contributed by atoms with Crippen LogP contribution in [0.2, 0.25) is 10.0 Å². The van der Waals surface area contributed by atoms with Crippen LogP contribution >= 0.6 is 23.2 Å². The van der Waals surface area contributed by atoms with Crippen molar-refractivity contribution in [2.24, 2.45) is 0 Å². The van der Waals surface area contributed by atoms with Gasteiger partial charge in [-0.25, -0.2) is 9.59 Å². The third kappa shape index (κ3) is 8.37. The van der Waals surface area contributed by atoms with Crippen LogP contribution in [0.1, 0.15) is 17.5 Å². The molecule has 0 unspecified atom stereocenters. The van der Waals surface area contributed by atoms with Gasteiger partial charge in [-0.3, -0.25) is 4.79 Å². The maximum Gasteiger partial charge on any atom is 0.407 e. The summed E-state index contributed by atoms with van der Waals surface area (Å²) in [5, 5.41) is 15.6. The molecule has 2 atom stereocenters. The van der Waals surface area contributed by atoms with E-state index in [9.17, 15) is 19.5 Å². The molecule has 2 aromatic carbocycles. The van der Waals surface area contributed by atoms with Gasteiger partial charge in [0, 0.05) is 23.0 Å². The summed E-state index contributed by atoms with van der Waals surface area (Å²) in [5.41, 5.74) is 1.30. The van der Waals surface area contributed by atoms with Crippen LogP contribution < -0.4 is 10.6 Å². The van der Waals surface area contributed by atoms with Crippen LogP contribution in [0.4, 0.5) is 4.79 Å². The lowest BCUT2D eigenvalue weighted by molar-refractivity contribution is -0.145. The van der Waals surface area contributed by atoms with Gasteiger partial charge >= 0.3 is 12.1 Å². The Kier molecular flexibility index (Phi) is 10.3. The molecule has 0 aliphatic carbocycles. The molecular weight excluding hydrogens is 459 g/mol. The van der Waals surface area contributed by atoms with E-state index in [1.165, 1.54) is 7.11 Å². The van der Waals surface area contributed by atoms with Crippen molar-refractivity contribution in [3.8, 4) is 0 Å². The first kappa shape index (κ1) is 25.5. The summed E-state index contributed by atoms with van der Waals surface area (Å²) in [6, 6.07) is 12.9. The van der Waals surface area contributed by atoms with Crippen molar-refractivity contribution < 1.29 is 29.0 Å². The number of benzene rings is 2. The number of aliphatic hydroxyl groups excluding tert-OH is 1.